The van der Waals surface area contributed by atoms with Crippen molar-refractivity contribution in [1.82, 2.24) is 4.90 Å². The molecule has 2 N–H and O–H groups in total. The van der Waals surface area contributed by atoms with Gasteiger partial charge in [-0.3, -0.25) is 4.79 Å². The zero-order valence-corrected chi connectivity index (χ0v) is 9.03. The van der Waals surface area contributed by atoms with E-state index in [1.165, 1.54) is 0 Å². The number of likely N-dealkylation sites (tertiary alicyclic amines) is 1. The summed E-state index contributed by atoms with van der Waals surface area (Å²) in [5, 5.41) is 0. The molecule has 1 rings (SSSR count). The second kappa shape index (κ2) is 5.32. The first-order chi connectivity index (χ1) is 6.69. The summed E-state index contributed by atoms with van der Waals surface area (Å²) in [5.41, 5.74) is 5.46. The maximum Gasteiger partial charge on any atom is 0.226 e. The maximum absolute atomic E-state index is 11.7. The van der Waals surface area contributed by atoms with Gasteiger partial charge in [0.15, 0.2) is 0 Å². The number of amides is 1. The molecule has 1 aliphatic heterocycles. The van der Waals surface area contributed by atoms with Crippen LogP contribution >= 0.6 is 0 Å². The largest absolute Gasteiger partial charge is 0.384 e. The van der Waals surface area contributed by atoms with Crippen molar-refractivity contribution in [2.24, 2.45) is 17.6 Å². The van der Waals surface area contributed by atoms with Crippen LogP contribution in [0.4, 0.5) is 0 Å². The highest BCUT2D eigenvalue weighted by Gasteiger charge is 2.28. The average Bonchev–Trinajstić information content (AvgIpc) is 2.64. The van der Waals surface area contributed by atoms with Crippen molar-refractivity contribution in [2.45, 2.75) is 13.3 Å². The molecule has 1 aliphatic rings. The van der Waals surface area contributed by atoms with Crippen LogP contribution in [0.5, 0.6) is 0 Å². The fourth-order valence-electron chi connectivity index (χ4n) is 1.82. The minimum atomic E-state index is -0.0451. The van der Waals surface area contributed by atoms with E-state index in [1.807, 2.05) is 11.8 Å². The van der Waals surface area contributed by atoms with E-state index in [0.717, 1.165) is 26.1 Å². The number of hydrogen-bond donors (Lipinski definition) is 1. The van der Waals surface area contributed by atoms with Gasteiger partial charge in [0.25, 0.3) is 0 Å². The van der Waals surface area contributed by atoms with E-state index < -0.39 is 0 Å². The number of nitrogens with two attached hydrogens (primary N) is 1. The average molecular weight is 200 g/mol. The van der Waals surface area contributed by atoms with Gasteiger partial charge in [-0.05, 0) is 6.42 Å². The number of carbonyl (C=O) groups is 1. The molecule has 4 nitrogen and oxygen atoms in total. The van der Waals surface area contributed by atoms with Crippen molar-refractivity contribution in [1.29, 1.82) is 0 Å². The Bertz CT molecular complexity index is 197. The third kappa shape index (κ3) is 2.69. The molecule has 14 heavy (non-hydrogen) atoms. The second-order valence-corrected chi connectivity index (χ2v) is 4.03. The van der Waals surface area contributed by atoms with Crippen molar-refractivity contribution < 1.29 is 9.53 Å². The summed E-state index contributed by atoms with van der Waals surface area (Å²) in [6, 6.07) is 0. The second-order valence-electron chi connectivity index (χ2n) is 4.03. The normalized spacial score (nSPS) is 23.9. The van der Waals surface area contributed by atoms with E-state index in [-0.39, 0.29) is 11.8 Å². The van der Waals surface area contributed by atoms with Crippen LogP contribution in [-0.4, -0.2) is 44.2 Å². The molecule has 0 aromatic carbocycles. The molecule has 0 aromatic heterocycles. The van der Waals surface area contributed by atoms with E-state index >= 15 is 0 Å². The molecule has 0 radical (unpaired) electrons. The lowest BCUT2D eigenvalue weighted by molar-refractivity contribution is -0.133. The van der Waals surface area contributed by atoms with E-state index in [2.05, 4.69) is 0 Å². The number of nitrogens with zero attached hydrogens (tertiary/aromatic N) is 1. The van der Waals surface area contributed by atoms with Crippen LogP contribution in [0, 0.1) is 11.8 Å². The first-order valence-electron chi connectivity index (χ1n) is 5.16. The molecule has 0 aromatic rings. The molecule has 1 fully saturated rings. The van der Waals surface area contributed by atoms with Crippen LogP contribution < -0.4 is 5.73 Å². The summed E-state index contributed by atoms with van der Waals surface area (Å²) in [6.07, 6.45) is 1.05. The van der Waals surface area contributed by atoms with Gasteiger partial charge in [-0.25, -0.2) is 0 Å². The molecule has 0 spiro atoms. The van der Waals surface area contributed by atoms with Crippen LogP contribution in [0.15, 0.2) is 0 Å². The molecular formula is C10H20N2O2. The van der Waals surface area contributed by atoms with Gasteiger partial charge in [-0.1, -0.05) is 6.92 Å². The zero-order valence-electron chi connectivity index (χ0n) is 9.03. The number of rotatable bonds is 4. The summed E-state index contributed by atoms with van der Waals surface area (Å²) in [4.78, 5) is 13.6. The molecule has 0 aliphatic carbocycles. The van der Waals surface area contributed by atoms with Crippen LogP contribution in [0.1, 0.15) is 13.3 Å². The van der Waals surface area contributed by atoms with E-state index in [9.17, 15) is 4.79 Å². The molecule has 0 bridgehead atoms. The van der Waals surface area contributed by atoms with Gasteiger partial charge in [-0.15, -0.1) is 0 Å². The van der Waals surface area contributed by atoms with Crippen LogP contribution in [0.25, 0.3) is 0 Å². The molecule has 1 heterocycles. The van der Waals surface area contributed by atoms with Gasteiger partial charge < -0.3 is 15.4 Å². The van der Waals surface area contributed by atoms with Crippen LogP contribution in [0.3, 0.4) is 0 Å². The topological polar surface area (TPSA) is 55.6 Å². The van der Waals surface area contributed by atoms with Gasteiger partial charge in [-0.2, -0.15) is 0 Å². The van der Waals surface area contributed by atoms with Crippen LogP contribution in [0.2, 0.25) is 0 Å². The van der Waals surface area contributed by atoms with Gasteiger partial charge in [0.1, 0.15) is 0 Å². The smallest absolute Gasteiger partial charge is 0.226 e. The lowest BCUT2D eigenvalue weighted by Crippen LogP contribution is -2.36. The molecule has 0 saturated carbocycles. The Morgan fingerprint density at radius 2 is 2.43 bits per heavy atom. The quantitative estimate of drug-likeness (QED) is 0.699. The first-order valence-corrected chi connectivity index (χ1v) is 5.16. The lowest BCUT2D eigenvalue weighted by Gasteiger charge is -2.19. The third-order valence-electron chi connectivity index (χ3n) is 2.78. The molecular weight excluding hydrogens is 180 g/mol. The fourth-order valence-corrected chi connectivity index (χ4v) is 1.82. The van der Waals surface area contributed by atoms with Crippen molar-refractivity contribution in [3.05, 3.63) is 0 Å². The Balaban J connectivity index is 2.37. The SMILES string of the molecule is COCC1CCN(C(=O)C(C)CN)C1. The van der Waals surface area contributed by atoms with Crippen molar-refractivity contribution in [2.75, 3.05) is 33.4 Å². The summed E-state index contributed by atoms with van der Waals surface area (Å²) in [7, 11) is 1.70. The minimum Gasteiger partial charge on any atom is -0.384 e. The molecule has 1 saturated heterocycles. The van der Waals surface area contributed by atoms with E-state index in [1.54, 1.807) is 7.11 Å². The van der Waals surface area contributed by atoms with Gasteiger partial charge in [0.2, 0.25) is 5.91 Å². The Morgan fingerprint density at radius 3 is 3.00 bits per heavy atom. The van der Waals surface area contributed by atoms with Gasteiger partial charge in [0.05, 0.1) is 6.61 Å². The standard InChI is InChI=1S/C10H20N2O2/c1-8(5-11)10(13)12-4-3-9(6-12)7-14-2/h8-9H,3-7,11H2,1-2H3. The monoisotopic (exact) mass is 200 g/mol. The Hall–Kier alpha value is -0.610. The van der Waals surface area contributed by atoms with Crippen molar-refractivity contribution in [3.8, 4) is 0 Å². The number of ether oxygens (including phenoxy) is 1. The first kappa shape index (κ1) is 11.5. The minimum absolute atomic E-state index is 0.0451. The summed E-state index contributed by atoms with van der Waals surface area (Å²) in [5.74, 6) is 0.649. The highest BCUT2D eigenvalue weighted by Crippen LogP contribution is 2.18. The van der Waals surface area contributed by atoms with Crippen LogP contribution in [-0.2, 0) is 9.53 Å². The van der Waals surface area contributed by atoms with Gasteiger partial charge >= 0.3 is 0 Å². The Labute approximate surface area is 85.4 Å². The number of methoxy groups -OCH3 is 1. The predicted molar refractivity (Wildman–Crippen MR) is 54.8 cm³/mol. The van der Waals surface area contributed by atoms with E-state index in [4.69, 9.17) is 10.5 Å². The van der Waals surface area contributed by atoms with Crippen molar-refractivity contribution >= 4 is 5.91 Å². The summed E-state index contributed by atoms with van der Waals surface area (Å²) < 4.78 is 5.08. The molecule has 82 valence electrons. The van der Waals surface area contributed by atoms with E-state index in [0.29, 0.717) is 12.5 Å². The van der Waals surface area contributed by atoms with Crippen molar-refractivity contribution in [3.63, 3.8) is 0 Å². The molecule has 2 atom stereocenters. The molecule has 1 amide bonds. The maximum atomic E-state index is 11.7. The molecule has 4 heteroatoms. The predicted octanol–water partition coefficient (Wildman–Crippen LogP) is 0.0761. The fraction of sp³-hybridized carbons (Fsp3) is 0.900. The van der Waals surface area contributed by atoms with Gasteiger partial charge in [0, 0.05) is 38.6 Å². The zero-order chi connectivity index (χ0) is 10.6. The lowest BCUT2D eigenvalue weighted by atomic mass is 10.1. The summed E-state index contributed by atoms with van der Waals surface area (Å²) >= 11 is 0. The number of hydrogen-bond acceptors (Lipinski definition) is 3. The molecule has 2 unspecified atom stereocenters. The highest BCUT2D eigenvalue weighted by atomic mass is 16.5. The third-order valence-corrected chi connectivity index (χ3v) is 2.78. The Kier molecular flexibility index (Phi) is 4.35. The number of carbonyl (C=O) groups excluding carboxylic acids is 1. The highest BCUT2D eigenvalue weighted by molar-refractivity contribution is 5.78. The Morgan fingerprint density at radius 1 is 1.71 bits per heavy atom. The summed E-state index contributed by atoms with van der Waals surface area (Å²) in [6.45, 7) is 4.76.